The molecule has 0 aromatic heterocycles. The van der Waals surface area contributed by atoms with Gasteiger partial charge in [0.05, 0.1) is 0 Å². The van der Waals surface area contributed by atoms with Crippen molar-refractivity contribution in [1.29, 1.82) is 0 Å². The van der Waals surface area contributed by atoms with E-state index in [2.05, 4.69) is 26.0 Å². The van der Waals surface area contributed by atoms with E-state index in [1.54, 1.807) is 11.1 Å². The van der Waals surface area contributed by atoms with E-state index in [0.717, 1.165) is 29.1 Å². The first-order valence-corrected chi connectivity index (χ1v) is 6.16. The minimum absolute atomic E-state index is 0.718. The van der Waals surface area contributed by atoms with Gasteiger partial charge in [-0.25, -0.2) is 0 Å². The molecule has 0 amide bonds. The molecule has 2 saturated carbocycles. The standard InChI is InChI=1S/C14H18/c1-8-5-10(6-8)14-7-9(2)13(14)11-3-4-12(11)14/h3-4,8-10,13H,5-7H2,1-2H3. The van der Waals surface area contributed by atoms with Gasteiger partial charge in [-0.15, -0.1) is 0 Å². The molecule has 4 rings (SSSR count). The maximum Gasteiger partial charge on any atom is 0.00583 e. The summed E-state index contributed by atoms with van der Waals surface area (Å²) in [6.45, 7) is 4.86. The lowest BCUT2D eigenvalue weighted by molar-refractivity contribution is -0.101. The molecule has 3 atom stereocenters. The summed E-state index contributed by atoms with van der Waals surface area (Å²) in [6, 6.07) is 0. The van der Waals surface area contributed by atoms with Gasteiger partial charge in [0.2, 0.25) is 0 Å². The smallest absolute Gasteiger partial charge is 0.00583 e. The Bertz CT molecular complexity index is 367. The molecule has 0 radical (unpaired) electrons. The van der Waals surface area contributed by atoms with Gasteiger partial charge in [-0.3, -0.25) is 0 Å². The predicted molar refractivity (Wildman–Crippen MR) is 57.8 cm³/mol. The van der Waals surface area contributed by atoms with Crippen LogP contribution in [-0.4, -0.2) is 0 Å². The molecule has 0 aromatic carbocycles. The Labute approximate surface area is 86.1 Å². The Hall–Kier alpha value is -0.520. The highest BCUT2D eigenvalue weighted by Crippen LogP contribution is 2.76. The number of hydrogen-bond acceptors (Lipinski definition) is 0. The van der Waals surface area contributed by atoms with Gasteiger partial charge in [0.15, 0.2) is 0 Å². The van der Waals surface area contributed by atoms with E-state index in [1.807, 2.05) is 0 Å². The van der Waals surface area contributed by atoms with Gasteiger partial charge in [0, 0.05) is 5.41 Å². The maximum atomic E-state index is 2.45. The quantitative estimate of drug-likeness (QED) is 0.587. The summed E-state index contributed by atoms with van der Waals surface area (Å²) in [5.41, 5.74) is 4.23. The van der Waals surface area contributed by atoms with Crippen molar-refractivity contribution in [2.24, 2.45) is 29.1 Å². The first-order valence-electron chi connectivity index (χ1n) is 6.16. The topological polar surface area (TPSA) is 0 Å². The molecule has 0 heterocycles. The summed E-state index contributed by atoms with van der Waals surface area (Å²) >= 11 is 0. The van der Waals surface area contributed by atoms with Crippen LogP contribution in [-0.2, 0) is 0 Å². The fourth-order valence-corrected chi connectivity index (χ4v) is 4.83. The summed E-state index contributed by atoms with van der Waals surface area (Å²) in [5, 5.41) is 0. The van der Waals surface area contributed by atoms with Gasteiger partial charge in [-0.2, -0.15) is 0 Å². The van der Waals surface area contributed by atoms with E-state index >= 15 is 0 Å². The summed E-state index contributed by atoms with van der Waals surface area (Å²) in [4.78, 5) is 0. The lowest BCUT2D eigenvalue weighted by Crippen LogP contribution is -2.63. The summed E-state index contributed by atoms with van der Waals surface area (Å²) < 4.78 is 0. The first kappa shape index (κ1) is 7.73. The fraction of sp³-hybridized carbons (Fsp3) is 0.714. The van der Waals surface area contributed by atoms with Crippen molar-refractivity contribution in [3.63, 3.8) is 0 Å². The van der Waals surface area contributed by atoms with Crippen LogP contribution in [0.2, 0.25) is 0 Å². The van der Waals surface area contributed by atoms with Gasteiger partial charge in [0.1, 0.15) is 0 Å². The Balaban J connectivity index is 1.67. The molecule has 0 aliphatic heterocycles. The van der Waals surface area contributed by atoms with Crippen molar-refractivity contribution in [2.75, 3.05) is 0 Å². The van der Waals surface area contributed by atoms with Crippen molar-refractivity contribution in [3.8, 4) is 0 Å². The minimum Gasteiger partial charge on any atom is -0.0625 e. The van der Waals surface area contributed by atoms with Crippen LogP contribution in [0.4, 0.5) is 0 Å². The van der Waals surface area contributed by atoms with Crippen LogP contribution in [0, 0.1) is 29.1 Å². The van der Waals surface area contributed by atoms with Crippen molar-refractivity contribution < 1.29 is 0 Å². The van der Waals surface area contributed by atoms with Crippen LogP contribution in [0.15, 0.2) is 23.3 Å². The third-order valence-corrected chi connectivity index (χ3v) is 5.46. The Morgan fingerprint density at radius 1 is 1.21 bits per heavy atom. The number of rotatable bonds is 1. The largest absolute Gasteiger partial charge is 0.0625 e. The SMILES string of the molecule is CC1CC(C23CC(C)C2C2=C3C=C2)C1. The van der Waals surface area contributed by atoms with Gasteiger partial charge < -0.3 is 0 Å². The normalized spacial score (nSPS) is 57.6. The van der Waals surface area contributed by atoms with Crippen molar-refractivity contribution in [1.82, 2.24) is 0 Å². The van der Waals surface area contributed by atoms with E-state index in [9.17, 15) is 0 Å². The highest BCUT2D eigenvalue weighted by atomic mass is 14.7. The summed E-state index contributed by atoms with van der Waals surface area (Å²) in [6.07, 6.45) is 9.29. The molecule has 0 N–H and O–H groups in total. The second-order valence-electron chi connectivity index (χ2n) is 6.18. The van der Waals surface area contributed by atoms with Crippen LogP contribution in [0.3, 0.4) is 0 Å². The molecule has 4 aliphatic rings. The zero-order valence-electron chi connectivity index (χ0n) is 9.09. The second-order valence-corrected chi connectivity index (χ2v) is 6.18. The van der Waals surface area contributed by atoms with E-state index < -0.39 is 0 Å². The van der Waals surface area contributed by atoms with Crippen LogP contribution in [0.5, 0.6) is 0 Å². The molecule has 0 spiro atoms. The monoisotopic (exact) mass is 186 g/mol. The van der Waals surface area contributed by atoms with Crippen molar-refractivity contribution in [2.45, 2.75) is 33.1 Å². The molecular weight excluding hydrogens is 168 g/mol. The average molecular weight is 186 g/mol. The third kappa shape index (κ3) is 0.559. The predicted octanol–water partition coefficient (Wildman–Crippen LogP) is 3.55. The van der Waals surface area contributed by atoms with Crippen LogP contribution >= 0.6 is 0 Å². The number of allylic oxidation sites excluding steroid dienone is 4. The second kappa shape index (κ2) is 2.03. The van der Waals surface area contributed by atoms with Crippen molar-refractivity contribution in [3.05, 3.63) is 23.3 Å². The number of hydrogen-bond donors (Lipinski definition) is 0. The minimum atomic E-state index is 0.718. The van der Waals surface area contributed by atoms with Crippen LogP contribution < -0.4 is 0 Å². The third-order valence-electron chi connectivity index (χ3n) is 5.46. The summed E-state index contributed by atoms with van der Waals surface area (Å²) in [5.74, 6) is 4.04. The molecule has 0 bridgehead atoms. The molecule has 0 aromatic rings. The lowest BCUT2D eigenvalue weighted by atomic mass is 9.32. The Morgan fingerprint density at radius 3 is 2.50 bits per heavy atom. The first-order chi connectivity index (χ1) is 6.73. The van der Waals surface area contributed by atoms with Gasteiger partial charge in [0.25, 0.3) is 0 Å². The molecular formula is C14H18. The van der Waals surface area contributed by atoms with E-state index in [1.165, 1.54) is 19.3 Å². The maximum absolute atomic E-state index is 2.45. The Kier molecular flexibility index (Phi) is 1.12. The van der Waals surface area contributed by atoms with Crippen LogP contribution in [0.1, 0.15) is 33.1 Å². The van der Waals surface area contributed by atoms with Crippen molar-refractivity contribution >= 4 is 0 Å². The highest BCUT2D eigenvalue weighted by molar-refractivity contribution is 5.63. The van der Waals surface area contributed by atoms with Gasteiger partial charge in [-0.05, 0) is 54.1 Å². The number of fused-ring (bicyclic) bond motifs is 3. The Morgan fingerprint density at radius 2 is 2.00 bits per heavy atom. The zero-order chi connectivity index (χ0) is 9.50. The zero-order valence-corrected chi connectivity index (χ0v) is 9.09. The molecule has 3 unspecified atom stereocenters. The molecule has 0 heteroatoms. The molecule has 0 nitrogen and oxygen atoms in total. The molecule has 0 saturated heterocycles. The fourth-order valence-electron chi connectivity index (χ4n) is 4.83. The molecule has 4 aliphatic carbocycles. The van der Waals surface area contributed by atoms with Crippen LogP contribution in [0.25, 0.3) is 0 Å². The van der Waals surface area contributed by atoms with E-state index in [-0.39, 0.29) is 0 Å². The molecule has 74 valence electrons. The lowest BCUT2D eigenvalue weighted by Gasteiger charge is -2.71. The van der Waals surface area contributed by atoms with E-state index in [0.29, 0.717) is 0 Å². The summed E-state index contributed by atoms with van der Waals surface area (Å²) in [7, 11) is 0. The molecule has 2 fully saturated rings. The van der Waals surface area contributed by atoms with Gasteiger partial charge in [-0.1, -0.05) is 26.0 Å². The van der Waals surface area contributed by atoms with Gasteiger partial charge >= 0.3 is 0 Å². The highest BCUT2D eigenvalue weighted by Gasteiger charge is 2.67. The molecule has 14 heavy (non-hydrogen) atoms. The average Bonchev–Trinajstić information content (AvgIpc) is 2.05. The van der Waals surface area contributed by atoms with E-state index in [4.69, 9.17) is 0 Å².